The minimum absolute atomic E-state index is 0.0645. The number of carbonyl (C=O) groups excluding carboxylic acids is 1. The molecule has 0 atom stereocenters. The Morgan fingerprint density at radius 1 is 1.17 bits per heavy atom. The first-order valence-corrected chi connectivity index (χ1v) is 7.66. The zero-order valence-corrected chi connectivity index (χ0v) is 13.3. The third kappa shape index (κ3) is 4.19. The minimum Gasteiger partial charge on any atom is -0.457 e. The van der Waals surface area contributed by atoms with E-state index in [0.29, 0.717) is 13.0 Å². The number of hydrogen-bond donors (Lipinski definition) is 1. The Morgan fingerprint density at radius 2 is 2.00 bits per heavy atom. The summed E-state index contributed by atoms with van der Waals surface area (Å²) in [4.78, 5) is 15.9. The summed E-state index contributed by atoms with van der Waals surface area (Å²) < 4.78 is 7.41. The first-order valence-electron chi connectivity index (χ1n) is 7.66. The molecule has 0 bridgehead atoms. The average molecular weight is 322 g/mol. The SMILES string of the molecule is Cc1cc(Oc2ccccc2)ccc1NC(=O)CCn1cncn1. The molecule has 3 aromatic rings. The van der Waals surface area contributed by atoms with Gasteiger partial charge in [0.05, 0.1) is 6.54 Å². The van der Waals surface area contributed by atoms with Crippen molar-refractivity contribution in [3.05, 3.63) is 66.7 Å². The number of ether oxygens (including phenoxy) is 1. The van der Waals surface area contributed by atoms with Crippen LogP contribution in [-0.2, 0) is 11.3 Å². The number of nitrogens with zero attached hydrogens (tertiary/aromatic N) is 3. The van der Waals surface area contributed by atoms with Crippen LogP contribution in [0.3, 0.4) is 0 Å². The van der Waals surface area contributed by atoms with Crippen molar-refractivity contribution in [2.75, 3.05) is 5.32 Å². The zero-order chi connectivity index (χ0) is 16.8. The van der Waals surface area contributed by atoms with Crippen molar-refractivity contribution >= 4 is 11.6 Å². The van der Waals surface area contributed by atoms with Crippen molar-refractivity contribution in [1.29, 1.82) is 0 Å². The Hall–Kier alpha value is -3.15. The van der Waals surface area contributed by atoms with Gasteiger partial charge in [0.25, 0.3) is 0 Å². The number of aryl methyl sites for hydroxylation is 2. The number of amides is 1. The fourth-order valence-electron chi connectivity index (χ4n) is 2.24. The molecule has 2 aromatic carbocycles. The molecule has 6 heteroatoms. The average Bonchev–Trinajstić information content (AvgIpc) is 3.10. The molecule has 1 N–H and O–H groups in total. The summed E-state index contributed by atoms with van der Waals surface area (Å²) in [5.41, 5.74) is 1.72. The van der Waals surface area contributed by atoms with E-state index in [-0.39, 0.29) is 5.91 Å². The van der Waals surface area contributed by atoms with Gasteiger partial charge in [0, 0.05) is 12.1 Å². The Kier molecular flexibility index (Phi) is 4.86. The molecule has 0 radical (unpaired) electrons. The van der Waals surface area contributed by atoms with Crippen molar-refractivity contribution in [3.63, 3.8) is 0 Å². The van der Waals surface area contributed by atoms with Crippen molar-refractivity contribution < 1.29 is 9.53 Å². The monoisotopic (exact) mass is 322 g/mol. The van der Waals surface area contributed by atoms with Crippen LogP contribution in [0.15, 0.2) is 61.2 Å². The van der Waals surface area contributed by atoms with Crippen LogP contribution in [0, 0.1) is 6.92 Å². The van der Waals surface area contributed by atoms with Gasteiger partial charge in [-0.3, -0.25) is 9.48 Å². The molecule has 6 nitrogen and oxygen atoms in total. The highest BCUT2D eigenvalue weighted by molar-refractivity contribution is 5.91. The van der Waals surface area contributed by atoms with Crippen molar-refractivity contribution in [2.45, 2.75) is 19.9 Å². The number of para-hydroxylation sites is 1. The minimum atomic E-state index is -0.0645. The van der Waals surface area contributed by atoms with Crippen LogP contribution in [0.2, 0.25) is 0 Å². The first-order chi connectivity index (χ1) is 11.7. The van der Waals surface area contributed by atoms with E-state index in [1.165, 1.54) is 6.33 Å². The predicted octanol–water partition coefficient (Wildman–Crippen LogP) is 3.41. The highest BCUT2D eigenvalue weighted by Crippen LogP contribution is 2.26. The van der Waals surface area contributed by atoms with Crippen LogP contribution in [0.5, 0.6) is 11.5 Å². The molecule has 1 heterocycles. The van der Waals surface area contributed by atoms with Gasteiger partial charge in [-0.25, -0.2) is 4.98 Å². The summed E-state index contributed by atoms with van der Waals surface area (Å²) in [6, 6.07) is 15.2. The Balaban J connectivity index is 1.59. The molecule has 122 valence electrons. The molecular weight excluding hydrogens is 304 g/mol. The van der Waals surface area contributed by atoms with Crippen molar-refractivity contribution in [2.24, 2.45) is 0 Å². The molecule has 3 rings (SSSR count). The van der Waals surface area contributed by atoms with E-state index in [1.807, 2.05) is 55.5 Å². The van der Waals surface area contributed by atoms with Gasteiger partial charge >= 0.3 is 0 Å². The molecule has 0 fully saturated rings. The number of carbonyl (C=O) groups is 1. The van der Waals surface area contributed by atoms with Gasteiger partial charge in [-0.05, 0) is 42.8 Å². The maximum Gasteiger partial charge on any atom is 0.226 e. The van der Waals surface area contributed by atoms with E-state index in [9.17, 15) is 4.79 Å². The molecule has 0 aliphatic heterocycles. The molecule has 0 unspecified atom stereocenters. The number of benzene rings is 2. The Morgan fingerprint density at radius 3 is 2.71 bits per heavy atom. The standard InChI is InChI=1S/C18H18N4O2/c1-14-11-16(24-15-5-3-2-4-6-15)7-8-17(14)21-18(23)9-10-22-13-19-12-20-22/h2-8,11-13H,9-10H2,1H3,(H,21,23). The second-order valence-corrected chi connectivity index (χ2v) is 5.35. The lowest BCUT2D eigenvalue weighted by atomic mass is 10.2. The molecule has 0 aliphatic rings. The summed E-state index contributed by atoms with van der Waals surface area (Å²) in [6.45, 7) is 2.44. The van der Waals surface area contributed by atoms with Gasteiger partial charge in [-0.2, -0.15) is 5.10 Å². The van der Waals surface area contributed by atoms with E-state index < -0.39 is 0 Å². The van der Waals surface area contributed by atoms with Gasteiger partial charge in [0.15, 0.2) is 0 Å². The van der Waals surface area contributed by atoms with Crippen LogP contribution in [0.25, 0.3) is 0 Å². The highest BCUT2D eigenvalue weighted by Gasteiger charge is 2.07. The van der Waals surface area contributed by atoms with Gasteiger partial charge in [-0.15, -0.1) is 0 Å². The fourth-order valence-corrected chi connectivity index (χ4v) is 2.24. The molecule has 1 aromatic heterocycles. The number of nitrogens with one attached hydrogen (secondary N) is 1. The second-order valence-electron chi connectivity index (χ2n) is 5.35. The van der Waals surface area contributed by atoms with Crippen LogP contribution in [0.4, 0.5) is 5.69 Å². The molecule has 24 heavy (non-hydrogen) atoms. The van der Waals surface area contributed by atoms with Gasteiger partial charge in [0.2, 0.25) is 5.91 Å². The van der Waals surface area contributed by atoms with E-state index in [4.69, 9.17) is 4.74 Å². The molecule has 0 saturated carbocycles. The third-order valence-electron chi connectivity index (χ3n) is 3.49. The summed E-state index contributed by atoms with van der Waals surface area (Å²) in [6.07, 6.45) is 3.38. The van der Waals surface area contributed by atoms with Gasteiger partial charge in [0.1, 0.15) is 24.2 Å². The summed E-state index contributed by atoms with van der Waals surface area (Å²) in [5.74, 6) is 1.45. The van der Waals surface area contributed by atoms with E-state index in [2.05, 4.69) is 15.4 Å². The van der Waals surface area contributed by atoms with E-state index in [0.717, 1.165) is 22.7 Å². The predicted molar refractivity (Wildman–Crippen MR) is 91.0 cm³/mol. The maximum atomic E-state index is 12.0. The van der Waals surface area contributed by atoms with Crippen LogP contribution >= 0.6 is 0 Å². The normalized spacial score (nSPS) is 10.4. The molecule has 0 aliphatic carbocycles. The topological polar surface area (TPSA) is 69.0 Å². The van der Waals surface area contributed by atoms with Gasteiger partial charge < -0.3 is 10.1 Å². The summed E-state index contributed by atoms with van der Waals surface area (Å²) in [5, 5.41) is 6.88. The van der Waals surface area contributed by atoms with E-state index >= 15 is 0 Å². The van der Waals surface area contributed by atoms with Crippen molar-refractivity contribution in [3.8, 4) is 11.5 Å². The second kappa shape index (κ2) is 7.41. The largest absolute Gasteiger partial charge is 0.457 e. The molecule has 0 saturated heterocycles. The fraction of sp³-hybridized carbons (Fsp3) is 0.167. The van der Waals surface area contributed by atoms with Crippen LogP contribution in [0.1, 0.15) is 12.0 Å². The highest BCUT2D eigenvalue weighted by atomic mass is 16.5. The number of anilines is 1. The third-order valence-corrected chi connectivity index (χ3v) is 3.49. The summed E-state index contributed by atoms with van der Waals surface area (Å²) in [7, 11) is 0. The lowest BCUT2D eigenvalue weighted by molar-refractivity contribution is -0.116. The first kappa shape index (κ1) is 15.7. The van der Waals surface area contributed by atoms with Gasteiger partial charge in [-0.1, -0.05) is 18.2 Å². The van der Waals surface area contributed by atoms with Crippen LogP contribution < -0.4 is 10.1 Å². The lowest BCUT2D eigenvalue weighted by Gasteiger charge is -2.11. The number of aromatic nitrogens is 3. The number of rotatable bonds is 6. The Labute approximate surface area is 140 Å². The molecule has 1 amide bonds. The quantitative estimate of drug-likeness (QED) is 0.755. The summed E-state index contributed by atoms with van der Waals surface area (Å²) >= 11 is 0. The number of hydrogen-bond acceptors (Lipinski definition) is 4. The van der Waals surface area contributed by atoms with E-state index in [1.54, 1.807) is 11.0 Å². The zero-order valence-electron chi connectivity index (χ0n) is 13.3. The maximum absolute atomic E-state index is 12.0. The van der Waals surface area contributed by atoms with Crippen molar-refractivity contribution in [1.82, 2.24) is 14.8 Å². The molecular formula is C18H18N4O2. The lowest BCUT2D eigenvalue weighted by Crippen LogP contribution is -2.15. The molecule has 0 spiro atoms. The van der Waals surface area contributed by atoms with Crippen LogP contribution in [-0.4, -0.2) is 20.7 Å². The Bertz CT molecular complexity index is 801. The smallest absolute Gasteiger partial charge is 0.226 e.